The van der Waals surface area contributed by atoms with Gasteiger partial charge in [0.05, 0.1) is 6.54 Å². The molecule has 0 aromatic heterocycles. The standard InChI is InChI=1S/C15H32N4/c1-5-13(6-2)14(19(3)4)11-18-15(16)17-10-12-8-7-9-12/h12-14H,5-11H2,1-4H3,(H3,16,17,18). The maximum atomic E-state index is 5.95. The van der Waals surface area contributed by atoms with Crippen LogP contribution in [0.1, 0.15) is 46.0 Å². The number of nitrogens with zero attached hydrogens (tertiary/aromatic N) is 2. The highest BCUT2D eigenvalue weighted by molar-refractivity contribution is 5.77. The van der Waals surface area contributed by atoms with Crippen LogP contribution in [0.25, 0.3) is 0 Å². The number of aliphatic imine (C=N–C) groups is 1. The molecule has 1 unspecified atom stereocenters. The van der Waals surface area contributed by atoms with Crippen molar-refractivity contribution in [1.82, 2.24) is 10.2 Å². The third-order valence-corrected chi connectivity index (χ3v) is 4.50. The number of hydrogen-bond donors (Lipinski definition) is 2. The van der Waals surface area contributed by atoms with Crippen LogP contribution in [0.15, 0.2) is 4.99 Å². The normalized spacial score (nSPS) is 18.7. The van der Waals surface area contributed by atoms with Crippen molar-refractivity contribution >= 4 is 5.96 Å². The molecule has 0 aromatic carbocycles. The maximum Gasteiger partial charge on any atom is 0.188 e. The van der Waals surface area contributed by atoms with Crippen LogP contribution in [0.2, 0.25) is 0 Å². The molecule has 112 valence electrons. The first-order valence-electron chi connectivity index (χ1n) is 7.78. The largest absolute Gasteiger partial charge is 0.370 e. The molecule has 0 aliphatic heterocycles. The van der Waals surface area contributed by atoms with Crippen LogP contribution in [0.5, 0.6) is 0 Å². The minimum Gasteiger partial charge on any atom is -0.370 e. The summed E-state index contributed by atoms with van der Waals surface area (Å²) >= 11 is 0. The second-order valence-electron chi connectivity index (χ2n) is 6.01. The third kappa shape index (κ3) is 5.39. The van der Waals surface area contributed by atoms with Crippen LogP contribution in [0.4, 0.5) is 0 Å². The minimum atomic E-state index is 0.485. The van der Waals surface area contributed by atoms with Crippen LogP contribution < -0.4 is 11.1 Å². The van der Waals surface area contributed by atoms with Crippen molar-refractivity contribution < 1.29 is 0 Å². The van der Waals surface area contributed by atoms with Crippen molar-refractivity contribution in [2.24, 2.45) is 22.6 Å². The predicted molar refractivity (Wildman–Crippen MR) is 83.4 cm³/mol. The summed E-state index contributed by atoms with van der Waals surface area (Å²) in [6.45, 7) is 6.30. The highest BCUT2D eigenvalue weighted by Gasteiger charge is 2.20. The lowest BCUT2D eigenvalue weighted by atomic mass is 9.85. The Morgan fingerprint density at radius 3 is 2.37 bits per heavy atom. The Bertz CT molecular complexity index is 267. The lowest BCUT2D eigenvalue weighted by Crippen LogP contribution is -2.41. The molecule has 4 nitrogen and oxygen atoms in total. The minimum absolute atomic E-state index is 0.485. The fourth-order valence-electron chi connectivity index (χ4n) is 2.76. The molecule has 1 aliphatic rings. The molecule has 0 saturated heterocycles. The Hall–Kier alpha value is -0.770. The molecule has 0 bridgehead atoms. The van der Waals surface area contributed by atoms with E-state index in [9.17, 15) is 0 Å². The zero-order chi connectivity index (χ0) is 14.3. The van der Waals surface area contributed by atoms with Gasteiger partial charge in [0.2, 0.25) is 0 Å². The van der Waals surface area contributed by atoms with E-state index >= 15 is 0 Å². The predicted octanol–water partition coefficient (Wildman–Crippen LogP) is 2.06. The number of hydrogen-bond acceptors (Lipinski definition) is 2. The molecule has 0 heterocycles. The average Bonchev–Trinajstić information content (AvgIpc) is 2.32. The molecule has 4 heteroatoms. The zero-order valence-electron chi connectivity index (χ0n) is 13.2. The van der Waals surface area contributed by atoms with Crippen LogP contribution in [0.3, 0.4) is 0 Å². The number of likely N-dealkylation sites (N-methyl/N-ethyl adjacent to an activating group) is 1. The van der Waals surface area contributed by atoms with Gasteiger partial charge in [-0.05, 0) is 38.8 Å². The maximum absolute atomic E-state index is 5.95. The summed E-state index contributed by atoms with van der Waals surface area (Å²) in [5.74, 6) is 2.13. The van der Waals surface area contributed by atoms with Crippen LogP contribution in [-0.4, -0.2) is 44.1 Å². The molecule has 1 saturated carbocycles. The van der Waals surface area contributed by atoms with Gasteiger partial charge in [-0.1, -0.05) is 33.1 Å². The Morgan fingerprint density at radius 1 is 1.32 bits per heavy atom. The van der Waals surface area contributed by atoms with Crippen molar-refractivity contribution in [3.8, 4) is 0 Å². The average molecular weight is 268 g/mol. The molecule has 1 aliphatic carbocycles. The molecule has 19 heavy (non-hydrogen) atoms. The van der Waals surface area contributed by atoms with E-state index in [0.29, 0.717) is 17.9 Å². The van der Waals surface area contributed by atoms with E-state index in [-0.39, 0.29) is 0 Å². The number of nitrogens with two attached hydrogens (primary N) is 1. The van der Waals surface area contributed by atoms with Gasteiger partial charge >= 0.3 is 0 Å². The highest BCUT2D eigenvalue weighted by atomic mass is 15.1. The van der Waals surface area contributed by atoms with Gasteiger partial charge in [0, 0.05) is 12.6 Å². The highest BCUT2D eigenvalue weighted by Crippen LogP contribution is 2.25. The second kappa shape index (κ2) is 8.41. The Morgan fingerprint density at radius 2 is 1.95 bits per heavy atom. The summed E-state index contributed by atoms with van der Waals surface area (Å²) in [7, 11) is 4.27. The van der Waals surface area contributed by atoms with E-state index in [4.69, 9.17) is 5.73 Å². The summed E-state index contributed by atoms with van der Waals surface area (Å²) in [6.07, 6.45) is 6.46. The number of guanidine groups is 1. The van der Waals surface area contributed by atoms with Crippen LogP contribution in [-0.2, 0) is 0 Å². The van der Waals surface area contributed by atoms with Crippen molar-refractivity contribution in [3.05, 3.63) is 0 Å². The summed E-state index contributed by atoms with van der Waals surface area (Å²) in [5, 5.41) is 3.26. The van der Waals surface area contributed by atoms with E-state index in [0.717, 1.165) is 19.0 Å². The van der Waals surface area contributed by atoms with Gasteiger partial charge in [0.25, 0.3) is 0 Å². The molecule has 1 atom stereocenters. The fraction of sp³-hybridized carbons (Fsp3) is 0.933. The molecular weight excluding hydrogens is 236 g/mol. The fourth-order valence-corrected chi connectivity index (χ4v) is 2.76. The van der Waals surface area contributed by atoms with Gasteiger partial charge in [-0.2, -0.15) is 0 Å². The van der Waals surface area contributed by atoms with Crippen molar-refractivity contribution in [2.45, 2.75) is 52.0 Å². The first-order chi connectivity index (χ1) is 9.08. The second-order valence-corrected chi connectivity index (χ2v) is 6.01. The monoisotopic (exact) mass is 268 g/mol. The quantitative estimate of drug-likeness (QED) is 0.523. The number of rotatable bonds is 8. The molecule has 0 radical (unpaired) electrons. The first-order valence-corrected chi connectivity index (χ1v) is 7.78. The van der Waals surface area contributed by atoms with Crippen LogP contribution >= 0.6 is 0 Å². The molecule has 1 fully saturated rings. The Labute approximate surface area is 118 Å². The van der Waals surface area contributed by atoms with Crippen molar-refractivity contribution in [3.63, 3.8) is 0 Å². The summed E-state index contributed by atoms with van der Waals surface area (Å²) in [6, 6.07) is 0.485. The van der Waals surface area contributed by atoms with Gasteiger partial charge in [0.1, 0.15) is 0 Å². The molecular formula is C15H32N4. The van der Waals surface area contributed by atoms with Gasteiger partial charge in [-0.3, -0.25) is 4.99 Å². The van der Waals surface area contributed by atoms with Gasteiger partial charge < -0.3 is 16.0 Å². The summed E-state index contributed by atoms with van der Waals surface area (Å²) in [4.78, 5) is 6.81. The zero-order valence-corrected chi connectivity index (χ0v) is 13.2. The van der Waals surface area contributed by atoms with E-state index in [1.165, 1.54) is 32.1 Å². The lowest BCUT2D eigenvalue weighted by Gasteiger charge is -2.30. The molecule has 1 rings (SSSR count). The van der Waals surface area contributed by atoms with Crippen molar-refractivity contribution in [1.29, 1.82) is 0 Å². The van der Waals surface area contributed by atoms with E-state index in [1.807, 2.05) is 0 Å². The molecule has 0 aromatic rings. The third-order valence-electron chi connectivity index (χ3n) is 4.50. The van der Waals surface area contributed by atoms with E-state index in [2.05, 4.69) is 43.2 Å². The van der Waals surface area contributed by atoms with Crippen molar-refractivity contribution in [2.75, 3.05) is 27.2 Å². The topological polar surface area (TPSA) is 53.6 Å². The first kappa shape index (κ1) is 16.3. The Kier molecular flexibility index (Phi) is 7.21. The van der Waals surface area contributed by atoms with E-state index in [1.54, 1.807) is 0 Å². The molecule has 3 N–H and O–H groups in total. The van der Waals surface area contributed by atoms with Crippen LogP contribution in [0, 0.1) is 11.8 Å². The smallest absolute Gasteiger partial charge is 0.188 e. The number of nitrogens with one attached hydrogen (secondary N) is 1. The van der Waals surface area contributed by atoms with E-state index < -0.39 is 0 Å². The SMILES string of the molecule is CCC(CC)C(CN=C(N)NCC1CCC1)N(C)C. The summed E-state index contributed by atoms with van der Waals surface area (Å²) in [5.41, 5.74) is 5.95. The molecule has 0 amide bonds. The molecule has 0 spiro atoms. The van der Waals surface area contributed by atoms with Gasteiger partial charge in [-0.15, -0.1) is 0 Å². The van der Waals surface area contributed by atoms with Gasteiger partial charge in [0.15, 0.2) is 5.96 Å². The lowest BCUT2D eigenvalue weighted by molar-refractivity contribution is 0.206. The Balaban J connectivity index is 2.39. The summed E-state index contributed by atoms with van der Waals surface area (Å²) < 4.78 is 0. The van der Waals surface area contributed by atoms with Gasteiger partial charge in [-0.25, -0.2) is 0 Å².